The van der Waals surface area contributed by atoms with Crippen LogP contribution in [-0.4, -0.2) is 19.7 Å². The Morgan fingerprint density at radius 3 is 2.59 bits per heavy atom. The molecule has 1 aromatic heterocycles. The number of hydrogen-bond donors (Lipinski definition) is 0. The summed E-state index contributed by atoms with van der Waals surface area (Å²) < 4.78 is 29.4. The lowest BCUT2D eigenvalue weighted by Crippen LogP contribution is -2.21. The van der Waals surface area contributed by atoms with Crippen molar-refractivity contribution in [3.63, 3.8) is 0 Å². The van der Waals surface area contributed by atoms with Crippen molar-refractivity contribution in [3.8, 4) is 0 Å². The Balaban J connectivity index is 3.09. The van der Waals surface area contributed by atoms with E-state index in [1.54, 1.807) is 6.92 Å². The molecule has 6 heteroatoms. The molecule has 0 saturated carbocycles. The van der Waals surface area contributed by atoms with E-state index in [9.17, 15) is 8.60 Å². The summed E-state index contributed by atoms with van der Waals surface area (Å²) in [6.07, 6.45) is 1.48. The van der Waals surface area contributed by atoms with E-state index in [0.29, 0.717) is 10.2 Å². The lowest BCUT2D eigenvalue weighted by Gasteiger charge is -2.14. The molecule has 3 nitrogen and oxygen atoms in total. The van der Waals surface area contributed by atoms with Crippen molar-refractivity contribution >= 4 is 32.6 Å². The van der Waals surface area contributed by atoms with Crippen molar-refractivity contribution in [2.24, 2.45) is 4.40 Å². The van der Waals surface area contributed by atoms with Gasteiger partial charge in [0.2, 0.25) is 0 Å². The van der Waals surface area contributed by atoms with Crippen molar-refractivity contribution in [2.75, 3.05) is 0 Å². The molecule has 0 fully saturated rings. The topological polar surface area (TPSA) is 42.3 Å². The van der Waals surface area contributed by atoms with E-state index in [4.69, 9.17) is 0 Å². The second kappa shape index (κ2) is 5.35. The van der Waals surface area contributed by atoms with Gasteiger partial charge in [-0.05, 0) is 49.7 Å². The molecule has 0 spiro atoms. The minimum Gasteiger partial charge on any atom is -0.251 e. The molecule has 1 atom stereocenters. The highest BCUT2D eigenvalue weighted by Crippen LogP contribution is 2.16. The van der Waals surface area contributed by atoms with Crippen LogP contribution in [0.1, 0.15) is 33.4 Å². The van der Waals surface area contributed by atoms with E-state index in [1.807, 2.05) is 20.8 Å². The summed E-state index contributed by atoms with van der Waals surface area (Å²) in [6, 6.07) is 1.31. The highest BCUT2D eigenvalue weighted by Gasteiger charge is 2.20. The summed E-state index contributed by atoms with van der Waals surface area (Å²) in [5.74, 6) is -0.480. The third-order valence-electron chi connectivity index (χ3n) is 1.89. The van der Waals surface area contributed by atoms with Crippen LogP contribution < -0.4 is 0 Å². The smallest absolute Gasteiger partial charge is 0.151 e. The third-order valence-corrected chi connectivity index (χ3v) is 3.82. The molecule has 0 aliphatic rings. The quantitative estimate of drug-likeness (QED) is 0.785. The normalized spacial score (nSPS) is 14.8. The molecule has 1 unspecified atom stereocenters. The lowest BCUT2D eigenvalue weighted by molar-refractivity contribution is 0.617. The predicted octanol–water partition coefficient (Wildman–Crippen LogP) is 3.25. The SMILES string of the molecule is CC(=NS(=O)C(C)(C)C)c1ncc(Br)cc1F. The van der Waals surface area contributed by atoms with Gasteiger partial charge in [-0.15, -0.1) is 0 Å². The first-order valence-electron chi connectivity index (χ1n) is 5.00. The van der Waals surface area contributed by atoms with Gasteiger partial charge in [-0.3, -0.25) is 4.98 Å². The lowest BCUT2D eigenvalue weighted by atomic mass is 10.2. The van der Waals surface area contributed by atoms with E-state index in [1.165, 1.54) is 12.3 Å². The molecule has 0 radical (unpaired) electrons. The van der Waals surface area contributed by atoms with Gasteiger partial charge in [0.05, 0.1) is 10.5 Å². The maximum Gasteiger partial charge on any atom is 0.151 e. The van der Waals surface area contributed by atoms with E-state index < -0.39 is 21.5 Å². The van der Waals surface area contributed by atoms with Crippen LogP contribution in [0.25, 0.3) is 0 Å². The predicted molar refractivity (Wildman–Crippen MR) is 72.0 cm³/mol. The van der Waals surface area contributed by atoms with Crippen molar-refractivity contribution in [1.29, 1.82) is 0 Å². The van der Waals surface area contributed by atoms with Crippen molar-refractivity contribution < 1.29 is 8.60 Å². The minimum atomic E-state index is -1.41. The summed E-state index contributed by atoms with van der Waals surface area (Å²) in [6.45, 7) is 7.03. The maximum atomic E-state index is 13.6. The summed E-state index contributed by atoms with van der Waals surface area (Å²) >= 11 is 3.13. The van der Waals surface area contributed by atoms with Crippen molar-refractivity contribution in [3.05, 3.63) is 28.2 Å². The fourth-order valence-corrected chi connectivity index (χ4v) is 1.90. The Morgan fingerprint density at radius 2 is 2.12 bits per heavy atom. The zero-order valence-electron chi connectivity index (χ0n) is 10.1. The molecule has 17 heavy (non-hydrogen) atoms. The molecule has 0 aromatic carbocycles. The van der Waals surface area contributed by atoms with Crippen LogP contribution in [0.2, 0.25) is 0 Å². The summed E-state index contributed by atoms with van der Waals surface area (Å²) in [4.78, 5) is 3.93. The molecule has 1 aromatic rings. The molecular formula is C11H14BrFN2OS. The fraction of sp³-hybridized carbons (Fsp3) is 0.455. The van der Waals surface area contributed by atoms with E-state index in [-0.39, 0.29) is 5.69 Å². The van der Waals surface area contributed by atoms with Gasteiger partial charge < -0.3 is 0 Å². The van der Waals surface area contributed by atoms with Crippen LogP contribution >= 0.6 is 15.9 Å². The average molecular weight is 321 g/mol. The monoisotopic (exact) mass is 320 g/mol. The molecule has 1 rings (SSSR count). The Labute approximate surface area is 111 Å². The minimum absolute atomic E-state index is 0.130. The summed E-state index contributed by atoms with van der Waals surface area (Å²) in [5.41, 5.74) is 0.467. The Bertz CT molecular complexity index is 483. The van der Waals surface area contributed by atoms with Crippen LogP contribution in [0.15, 0.2) is 21.1 Å². The molecule has 0 amide bonds. The Morgan fingerprint density at radius 1 is 1.53 bits per heavy atom. The van der Waals surface area contributed by atoms with Crippen LogP contribution in [0.3, 0.4) is 0 Å². The first-order valence-corrected chi connectivity index (χ1v) is 6.90. The van der Waals surface area contributed by atoms with Crippen LogP contribution in [0.5, 0.6) is 0 Å². The van der Waals surface area contributed by atoms with E-state index in [0.717, 1.165) is 0 Å². The highest BCUT2D eigenvalue weighted by molar-refractivity contribution is 9.10. The van der Waals surface area contributed by atoms with Gasteiger partial charge in [0, 0.05) is 10.7 Å². The molecule has 0 N–H and O–H groups in total. The van der Waals surface area contributed by atoms with Crippen LogP contribution in [0.4, 0.5) is 4.39 Å². The number of rotatable bonds is 2. The summed E-state index contributed by atoms with van der Waals surface area (Å²) in [7, 11) is -1.41. The first kappa shape index (κ1) is 14.4. The highest BCUT2D eigenvalue weighted by atomic mass is 79.9. The molecule has 0 aliphatic heterocycles. The zero-order chi connectivity index (χ0) is 13.2. The second-order valence-corrected chi connectivity index (χ2v) is 7.34. The number of aromatic nitrogens is 1. The second-order valence-electron chi connectivity index (χ2n) is 4.52. The molecule has 94 valence electrons. The number of halogens is 2. The standard InChI is InChI=1S/C11H14BrFN2OS/c1-7(15-17(16)11(2,3)4)10-9(13)5-8(12)6-14-10/h5-6H,1-4H3. The molecule has 0 aliphatic carbocycles. The Kier molecular flexibility index (Phi) is 4.55. The van der Waals surface area contributed by atoms with Crippen LogP contribution in [0, 0.1) is 5.82 Å². The van der Waals surface area contributed by atoms with E-state index >= 15 is 0 Å². The molecule has 1 heterocycles. The summed E-state index contributed by atoms with van der Waals surface area (Å²) in [5, 5.41) is 0. The molecular weight excluding hydrogens is 307 g/mol. The average Bonchev–Trinajstić information content (AvgIpc) is 2.15. The van der Waals surface area contributed by atoms with Gasteiger partial charge in [-0.1, -0.05) is 0 Å². The van der Waals surface area contributed by atoms with Gasteiger partial charge in [-0.25, -0.2) is 8.60 Å². The number of hydrogen-bond acceptors (Lipinski definition) is 2. The van der Waals surface area contributed by atoms with Crippen molar-refractivity contribution in [1.82, 2.24) is 4.98 Å². The largest absolute Gasteiger partial charge is 0.251 e. The number of pyridine rings is 1. The Hall–Kier alpha value is -0.620. The van der Waals surface area contributed by atoms with Crippen LogP contribution in [-0.2, 0) is 11.0 Å². The van der Waals surface area contributed by atoms with Gasteiger partial charge >= 0.3 is 0 Å². The zero-order valence-corrected chi connectivity index (χ0v) is 12.5. The third kappa shape index (κ3) is 3.96. The van der Waals surface area contributed by atoms with Gasteiger partial charge in [-0.2, -0.15) is 4.40 Å². The first-order chi connectivity index (χ1) is 7.71. The van der Waals surface area contributed by atoms with E-state index in [2.05, 4.69) is 25.3 Å². The van der Waals surface area contributed by atoms with Gasteiger partial charge in [0.15, 0.2) is 5.82 Å². The van der Waals surface area contributed by atoms with Gasteiger partial charge in [0.1, 0.15) is 16.7 Å². The molecule has 0 bridgehead atoms. The maximum absolute atomic E-state index is 13.6. The fourth-order valence-electron chi connectivity index (χ4n) is 0.985. The number of nitrogens with zero attached hydrogens (tertiary/aromatic N) is 2. The molecule has 0 saturated heterocycles. The van der Waals surface area contributed by atoms with Gasteiger partial charge in [0.25, 0.3) is 0 Å². The van der Waals surface area contributed by atoms with Crippen molar-refractivity contribution in [2.45, 2.75) is 32.4 Å².